The summed E-state index contributed by atoms with van der Waals surface area (Å²) in [4.78, 5) is 34.5. The fraction of sp³-hybridized carbons (Fsp3) is 0.444. The first-order valence-corrected chi connectivity index (χ1v) is 9.16. The number of aryl methyl sites for hydroxylation is 2. The molecule has 0 aliphatic carbocycles. The second-order valence-corrected chi connectivity index (χ2v) is 6.71. The summed E-state index contributed by atoms with van der Waals surface area (Å²) in [5, 5.41) is 9.27. The lowest BCUT2D eigenvalue weighted by Gasteiger charge is -2.22. The molecular formula is C18H21N7O3. The highest BCUT2D eigenvalue weighted by Crippen LogP contribution is 2.30. The Hall–Kier alpha value is -3.30. The first-order chi connectivity index (χ1) is 13.5. The average Bonchev–Trinajstić information content (AvgIpc) is 3.24. The number of nitrogens with zero attached hydrogens (tertiary/aromatic N) is 7. The molecule has 3 aromatic heterocycles. The van der Waals surface area contributed by atoms with Crippen molar-refractivity contribution < 1.29 is 14.6 Å². The van der Waals surface area contributed by atoms with Gasteiger partial charge in [0.2, 0.25) is 5.88 Å². The maximum atomic E-state index is 11.3. The highest BCUT2D eigenvalue weighted by atomic mass is 16.5. The Labute approximate surface area is 161 Å². The van der Waals surface area contributed by atoms with Crippen LogP contribution in [0.1, 0.15) is 26.1 Å². The molecular weight excluding hydrogens is 362 g/mol. The van der Waals surface area contributed by atoms with Gasteiger partial charge in [0.05, 0.1) is 11.6 Å². The maximum Gasteiger partial charge on any atom is 0.407 e. The molecule has 4 rings (SSSR count). The Morgan fingerprint density at radius 1 is 1.29 bits per heavy atom. The van der Waals surface area contributed by atoms with E-state index in [-0.39, 0.29) is 12.1 Å². The third-order valence-corrected chi connectivity index (χ3v) is 5.05. The molecule has 1 aliphatic rings. The monoisotopic (exact) mass is 383 g/mol. The summed E-state index contributed by atoms with van der Waals surface area (Å²) in [7, 11) is 0. The van der Waals surface area contributed by atoms with E-state index < -0.39 is 6.09 Å². The summed E-state index contributed by atoms with van der Waals surface area (Å²) in [6, 6.07) is -0.263. The van der Waals surface area contributed by atoms with Crippen LogP contribution in [-0.4, -0.2) is 64.3 Å². The van der Waals surface area contributed by atoms with E-state index in [4.69, 9.17) is 9.72 Å². The van der Waals surface area contributed by atoms with Gasteiger partial charge in [-0.3, -0.25) is 0 Å². The van der Waals surface area contributed by atoms with E-state index in [1.165, 1.54) is 11.2 Å². The van der Waals surface area contributed by atoms with Crippen molar-refractivity contribution in [2.24, 2.45) is 0 Å². The Morgan fingerprint density at radius 3 is 2.68 bits per heavy atom. The lowest BCUT2D eigenvalue weighted by atomic mass is 10.2. The molecule has 10 heteroatoms. The predicted octanol–water partition coefficient (Wildman–Crippen LogP) is 2.13. The molecule has 1 amide bonds. The van der Waals surface area contributed by atoms with Crippen LogP contribution in [0.15, 0.2) is 18.7 Å². The molecule has 1 saturated heterocycles. The van der Waals surface area contributed by atoms with E-state index in [0.717, 1.165) is 5.56 Å². The van der Waals surface area contributed by atoms with Gasteiger partial charge in [0.1, 0.15) is 24.1 Å². The Kier molecular flexibility index (Phi) is 4.54. The van der Waals surface area contributed by atoms with Crippen LogP contribution in [-0.2, 0) is 6.54 Å². The minimum absolute atomic E-state index is 0.263. The predicted molar refractivity (Wildman–Crippen MR) is 100.0 cm³/mol. The number of hydrogen-bond acceptors (Lipinski definition) is 7. The third-order valence-electron chi connectivity index (χ3n) is 5.05. The van der Waals surface area contributed by atoms with Crippen LogP contribution < -0.4 is 4.74 Å². The lowest BCUT2D eigenvalue weighted by Crippen LogP contribution is -2.38. The van der Waals surface area contributed by atoms with Crippen molar-refractivity contribution in [3.63, 3.8) is 0 Å². The fourth-order valence-corrected chi connectivity index (χ4v) is 3.51. The molecule has 1 N–H and O–H groups in total. The first-order valence-electron chi connectivity index (χ1n) is 9.16. The van der Waals surface area contributed by atoms with Crippen molar-refractivity contribution in [3.8, 4) is 17.3 Å². The molecule has 10 nitrogen and oxygen atoms in total. The number of hydrogen-bond donors (Lipinski definition) is 1. The number of ether oxygens (including phenoxy) is 1. The Bertz CT molecular complexity index is 1020. The van der Waals surface area contributed by atoms with Gasteiger partial charge in [0, 0.05) is 31.9 Å². The molecule has 2 atom stereocenters. The van der Waals surface area contributed by atoms with E-state index in [2.05, 4.69) is 19.9 Å². The average molecular weight is 383 g/mol. The highest BCUT2D eigenvalue weighted by Gasteiger charge is 2.36. The molecule has 0 bridgehead atoms. The van der Waals surface area contributed by atoms with Crippen molar-refractivity contribution in [3.05, 3.63) is 24.5 Å². The molecule has 0 aromatic carbocycles. The third kappa shape index (κ3) is 3.00. The second kappa shape index (κ2) is 7.02. The second-order valence-electron chi connectivity index (χ2n) is 6.71. The van der Waals surface area contributed by atoms with Crippen molar-refractivity contribution in [2.45, 2.75) is 45.9 Å². The maximum absolute atomic E-state index is 11.3. The van der Waals surface area contributed by atoms with Crippen molar-refractivity contribution in [1.82, 2.24) is 34.4 Å². The van der Waals surface area contributed by atoms with Crippen molar-refractivity contribution in [1.29, 1.82) is 0 Å². The van der Waals surface area contributed by atoms with Gasteiger partial charge in [-0.25, -0.2) is 24.7 Å². The molecule has 1 fully saturated rings. The van der Waals surface area contributed by atoms with Gasteiger partial charge in [-0.15, -0.1) is 0 Å². The topological polar surface area (TPSA) is 119 Å². The normalized spacial score (nSPS) is 19.3. The van der Waals surface area contributed by atoms with Crippen LogP contribution in [0.5, 0.6) is 5.88 Å². The SMILES string of the molecule is CCn1c(-c2cnc(C)nc2)nc2c(OC3CCN(C(=O)O)C3C)ncnc21. The molecule has 146 valence electrons. The molecule has 0 saturated carbocycles. The smallest absolute Gasteiger partial charge is 0.407 e. The number of carboxylic acid groups (broad SMARTS) is 1. The van der Waals surface area contributed by atoms with Gasteiger partial charge in [0.25, 0.3) is 0 Å². The van der Waals surface area contributed by atoms with Gasteiger partial charge < -0.3 is 19.3 Å². The van der Waals surface area contributed by atoms with Crippen molar-refractivity contribution >= 4 is 17.3 Å². The number of carbonyl (C=O) groups is 1. The lowest BCUT2D eigenvalue weighted by molar-refractivity contribution is 0.116. The first kappa shape index (κ1) is 18.1. The van der Waals surface area contributed by atoms with Crippen LogP contribution in [0.4, 0.5) is 4.79 Å². The summed E-state index contributed by atoms with van der Waals surface area (Å²) < 4.78 is 8.04. The standard InChI is InChI=1S/C18H21N7O3/c1-4-24-15(12-7-19-11(3)20-8-12)23-14-16(24)21-9-22-17(14)28-13-5-6-25(10(13)2)18(26)27/h7-10,13H,4-6H2,1-3H3,(H,26,27). The summed E-state index contributed by atoms with van der Waals surface area (Å²) >= 11 is 0. The molecule has 1 aliphatic heterocycles. The van der Waals surface area contributed by atoms with Crippen molar-refractivity contribution in [2.75, 3.05) is 6.54 Å². The van der Waals surface area contributed by atoms with Crippen LogP contribution >= 0.6 is 0 Å². The highest BCUT2D eigenvalue weighted by molar-refractivity contribution is 5.81. The van der Waals surface area contributed by atoms with Crippen LogP contribution in [0.3, 0.4) is 0 Å². The van der Waals surface area contributed by atoms with E-state index in [1.54, 1.807) is 12.4 Å². The van der Waals surface area contributed by atoms with E-state index in [0.29, 0.717) is 48.2 Å². The quantitative estimate of drug-likeness (QED) is 0.728. The number of amides is 1. The fourth-order valence-electron chi connectivity index (χ4n) is 3.51. The van der Waals surface area contributed by atoms with Crippen LogP contribution in [0.2, 0.25) is 0 Å². The largest absolute Gasteiger partial charge is 0.470 e. The summed E-state index contributed by atoms with van der Waals surface area (Å²) in [6.45, 7) is 6.76. The van der Waals surface area contributed by atoms with E-state index in [9.17, 15) is 9.90 Å². The molecule has 0 radical (unpaired) electrons. The minimum Gasteiger partial charge on any atom is -0.470 e. The zero-order chi connectivity index (χ0) is 19.8. The molecule has 2 unspecified atom stereocenters. The molecule has 3 aromatic rings. The molecule has 4 heterocycles. The number of fused-ring (bicyclic) bond motifs is 1. The number of aromatic nitrogens is 6. The van der Waals surface area contributed by atoms with Gasteiger partial charge >= 0.3 is 6.09 Å². The summed E-state index contributed by atoms with van der Waals surface area (Å²) in [5.74, 6) is 1.73. The van der Waals surface area contributed by atoms with Gasteiger partial charge in [-0.1, -0.05) is 0 Å². The Balaban J connectivity index is 1.73. The van der Waals surface area contributed by atoms with Crippen LogP contribution in [0, 0.1) is 6.92 Å². The zero-order valence-corrected chi connectivity index (χ0v) is 15.9. The Morgan fingerprint density at radius 2 is 2.04 bits per heavy atom. The molecule has 28 heavy (non-hydrogen) atoms. The number of rotatable bonds is 4. The molecule has 0 spiro atoms. The van der Waals surface area contributed by atoms with Gasteiger partial charge in [-0.05, 0) is 20.8 Å². The van der Waals surface area contributed by atoms with Gasteiger partial charge in [-0.2, -0.15) is 4.98 Å². The summed E-state index contributed by atoms with van der Waals surface area (Å²) in [6.07, 6.45) is 4.28. The zero-order valence-electron chi connectivity index (χ0n) is 15.9. The number of likely N-dealkylation sites (tertiary alicyclic amines) is 1. The van der Waals surface area contributed by atoms with Gasteiger partial charge in [0.15, 0.2) is 11.2 Å². The minimum atomic E-state index is -0.941. The van der Waals surface area contributed by atoms with E-state index in [1.807, 2.05) is 25.3 Å². The van der Waals surface area contributed by atoms with Crippen LogP contribution in [0.25, 0.3) is 22.6 Å². The number of imidazole rings is 1. The summed E-state index contributed by atoms with van der Waals surface area (Å²) in [5.41, 5.74) is 1.98. The van der Waals surface area contributed by atoms with E-state index >= 15 is 0 Å².